The SMILES string of the molecule is O=C(CCCOc1ccccc1)N1CCN(C(=O)c2ccccc2Cl)CC1. The molecule has 1 heterocycles. The van der Waals surface area contributed by atoms with E-state index < -0.39 is 0 Å². The summed E-state index contributed by atoms with van der Waals surface area (Å²) in [6, 6.07) is 16.6. The molecule has 3 rings (SSSR count). The Labute approximate surface area is 164 Å². The maximum Gasteiger partial charge on any atom is 0.255 e. The van der Waals surface area contributed by atoms with Crippen LogP contribution >= 0.6 is 11.6 Å². The van der Waals surface area contributed by atoms with Gasteiger partial charge in [-0.1, -0.05) is 41.9 Å². The van der Waals surface area contributed by atoms with Crippen LogP contribution in [0.2, 0.25) is 5.02 Å². The van der Waals surface area contributed by atoms with Gasteiger partial charge in [0.15, 0.2) is 0 Å². The van der Waals surface area contributed by atoms with E-state index in [0.29, 0.717) is 56.2 Å². The van der Waals surface area contributed by atoms with Crippen LogP contribution < -0.4 is 4.74 Å². The molecule has 5 nitrogen and oxygen atoms in total. The van der Waals surface area contributed by atoms with Crippen molar-refractivity contribution < 1.29 is 14.3 Å². The Hall–Kier alpha value is -2.53. The number of carbonyl (C=O) groups is 2. The number of hydrogen-bond acceptors (Lipinski definition) is 3. The van der Waals surface area contributed by atoms with Crippen molar-refractivity contribution in [1.82, 2.24) is 9.80 Å². The molecule has 1 aliphatic heterocycles. The second-order valence-electron chi connectivity index (χ2n) is 6.42. The second-order valence-corrected chi connectivity index (χ2v) is 6.83. The molecule has 0 unspecified atom stereocenters. The zero-order valence-corrected chi connectivity index (χ0v) is 15.9. The van der Waals surface area contributed by atoms with E-state index >= 15 is 0 Å². The average Bonchev–Trinajstić information content (AvgIpc) is 2.72. The van der Waals surface area contributed by atoms with Crippen molar-refractivity contribution in [3.05, 3.63) is 65.2 Å². The second kappa shape index (κ2) is 9.42. The van der Waals surface area contributed by atoms with E-state index in [4.69, 9.17) is 16.3 Å². The first-order chi connectivity index (χ1) is 13.1. The number of carbonyl (C=O) groups excluding carboxylic acids is 2. The molecule has 142 valence electrons. The van der Waals surface area contributed by atoms with Crippen LogP contribution in [0.25, 0.3) is 0 Å². The highest BCUT2D eigenvalue weighted by molar-refractivity contribution is 6.33. The summed E-state index contributed by atoms with van der Waals surface area (Å²) in [5, 5.41) is 0.458. The van der Waals surface area contributed by atoms with E-state index in [2.05, 4.69) is 0 Å². The van der Waals surface area contributed by atoms with E-state index in [0.717, 1.165) is 5.75 Å². The van der Waals surface area contributed by atoms with Crippen LogP contribution in [0.1, 0.15) is 23.2 Å². The Kier molecular flexibility index (Phi) is 6.71. The van der Waals surface area contributed by atoms with Crippen molar-refractivity contribution in [2.75, 3.05) is 32.8 Å². The minimum atomic E-state index is -0.0797. The number of hydrogen-bond donors (Lipinski definition) is 0. The summed E-state index contributed by atoms with van der Waals surface area (Å²) >= 11 is 6.11. The van der Waals surface area contributed by atoms with Crippen molar-refractivity contribution in [2.24, 2.45) is 0 Å². The minimum absolute atomic E-state index is 0.0797. The van der Waals surface area contributed by atoms with E-state index in [1.165, 1.54) is 0 Å². The molecule has 0 saturated carbocycles. The van der Waals surface area contributed by atoms with Crippen LogP contribution in [0.15, 0.2) is 54.6 Å². The van der Waals surface area contributed by atoms with Crippen molar-refractivity contribution in [2.45, 2.75) is 12.8 Å². The third kappa shape index (κ3) is 5.23. The molecule has 2 amide bonds. The van der Waals surface area contributed by atoms with Gasteiger partial charge in [0, 0.05) is 32.6 Å². The number of nitrogens with zero attached hydrogens (tertiary/aromatic N) is 2. The van der Waals surface area contributed by atoms with Crippen molar-refractivity contribution in [3.63, 3.8) is 0 Å². The average molecular weight is 387 g/mol. The van der Waals surface area contributed by atoms with Crippen molar-refractivity contribution in [3.8, 4) is 5.75 Å². The Morgan fingerprint density at radius 3 is 2.22 bits per heavy atom. The van der Waals surface area contributed by atoms with E-state index in [-0.39, 0.29) is 11.8 Å². The molecule has 0 aliphatic carbocycles. The van der Waals surface area contributed by atoms with Gasteiger partial charge in [0.2, 0.25) is 5.91 Å². The van der Waals surface area contributed by atoms with Gasteiger partial charge in [0.05, 0.1) is 17.2 Å². The van der Waals surface area contributed by atoms with Gasteiger partial charge in [-0.3, -0.25) is 9.59 Å². The van der Waals surface area contributed by atoms with Crippen LogP contribution in [-0.2, 0) is 4.79 Å². The first kappa shape index (κ1) is 19.2. The molecule has 0 radical (unpaired) electrons. The van der Waals surface area contributed by atoms with Gasteiger partial charge in [0.1, 0.15) is 5.75 Å². The summed E-state index contributed by atoms with van der Waals surface area (Å²) < 4.78 is 5.62. The molecule has 0 spiro atoms. The predicted molar refractivity (Wildman–Crippen MR) is 105 cm³/mol. The number of ether oxygens (including phenoxy) is 1. The predicted octanol–water partition coefficient (Wildman–Crippen LogP) is 3.48. The minimum Gasteiger partial charge on any atom is -0.494 e. The first-order valence-electron chi connectivity index (χ1n) is 9.14. The standard InChI is InChI=1S/C21H23ClN2O3/c22-19-10-5-4-9-18(19)21(26)24-14-12-23(13-15-24)20(25)11-6-16-27-17-7-2-1-3-8-17/h1-5,7-10H,6,11-16H2. The third-order valence-corrected chi connectivity index (χ3v) is 4.90. The lowest BCUT2D eigenvalue weighted by atomic mass is 10.1. The fourth-order valence-electron chi connectivity index (χ4n) is 3.05. The van der Waals surface area contributed by atoms with Crippen LogP contribution in [-0.4, -0.2) is 54.4 Å². The van der Waals surface area contributed by atoms with Crippen LogP contribution in [0.4, 0.5) is 0 Å². The quantitative estimate of drug-likeness (QED) is 0.714. The largest absolute Gasteiger partial charge is 0.494 e. The molecular weight excluding hydrogens is 364 g/mol. The van der Waals surface area contributed by atoms with Gasteiger partial charge >= 0.3 is 0 Å². The molecule has 2 aromatic carbocycles. The highest BCUT2D eigenvalue weighted by Gasteiger charge is 2.25. The smallest absolute Gasteiger partial charge is 0.255 e. The Morgan fingerprint density at radius 2 is 1.52 bits per heavy atom. The Bertz CT molecular complexity index is 774. The monoisotopic (exact) mass is 386 g/mol. The molecule has 6 heteroatoms. The maximum atomic E-state index is 12.6. The van der Waals surface area contributed by atoms with E-state index in [1.807, 2.05) is 35.2 Å². The summed E-state index contributed by atoms with van der Waals surface area (Å²) in [7, 11) is 0. The number of piperazine rings is 1. The molecule has 1 saturated heterocycles. The summed E-state index contributed by atoms with van der Waals surface area (Å²) in [5.41, 5.74) is 0.511. The van der Waals surface area contributed by atoms with E-state index in [1.54, 1.807) is 29.2 Å². The molecule has 1 aliphatic rings. The zero-order chi connectivity index (χ0) is 19.1. The van der Waals surface area contributed by atoms with Crippen LogP contribution in [0, 0.1) is 0 Å². The van der Waals surface area contributed by atoms with Gasteiger partial charge in [-0.2, -0.15) is 0 Å². The van der Waals surface area contributed by atoms with E-state index in [9.17, 15) is 9.59 Å². The number of para-hydroxylation sites is 1. The summed E-state index contributed by atoms with van der Waals surface area (Å²) in [6.45, 7) is 2.66. The highest BCUT2D eigenvalue weighted by Crippen LogP contribution is 2.18. The first-order valence-corrected chi connectivity index (χ1v) is 9.52. The molecule has 27 heavy (non-hydrogen) atoms. The van der Waals surface area contributed by atoms with Crippen LogP contribution in [0.3, 0.4) is 0 Å². The van der Waals surface area contributed by atoms with Gasteiger partial charge in [-0.05, 0) is 30.7 Å². The normalized spacial score (nSPS) is 14.1. The van der Waals surface area contributed by atoms with Gasteiger partial charge in [-0.25, -0.2) is 0 Å². The number of benzene rings is 2. The highest BCUT2D eigenvalue weighted by atomic mass is 35.5. The fraction of sp³-hybridized carbons (Fsp3) is 0.333. The summed E-state index contributed by atoms with van der Waals surface area (Å²) in [5.74, 6) is 0.845. The van der Waals surface area contributed by atoms with Crippen molar-refractivity contribution in [1.29, 1.82) is 0 Å². The molecule has 0 bridgehead atoms. The molecule has 0 atom stereocenters. The third-order valence-electron chi connectivity index (χ3n) is 4.57. The number of halogens is 1. The van der Waals surface area contributed by atoms with Gasteiger partial charge in [0.25, 0.3) is 5.91 Å². The van der Waals surface area contributed by atoms with Crippen LogP contribution in [0.5, 0.6) is 5.75 Å². The summed E-state index contributed by atoms with van der Waals surface area (Å²) in [4.78, 5) is 28.5. The lowest BCUT2D eigenvalue weighted by molar-refractivity contribution is -0.132. The fourth-order valence-corrected chi connectivity index (χ4v) is 3.27. The number of rotatable bonds is 6. The van der Waals surface area contributed by atoms with Crippen molar-refractivity contribution >= 4 is 23.4 Å². The van der Waals surface area contributed by atoms with Gasteiger partial charge < -0.3 is 14.5 Å². The molecular formula is C21H23ClN2O3. The zero-order valence-electron chi connectivity index (χ0n) is 15.1. The summed E-state index contributed by atoms with van der Waals surface area (Å²) in [6.07, 6.45) is 1.12. The maximum absolute atomic E-state index is 12.6. The lowest BCUT2D eigenvalue weighted by Crippen LogP contribution is -2.50. The Balaban J connectivity index is 1.40. The molecule has 0 N–H and O–H groups in total. The number of amides is 2. The molecule has 0 aromatic heterocycles. The Morgan fingerprint density at radius 1 is 0.889 bits per heavy atom. The molecule has 2 aromatic rings. The molecule has 1 fully saturated rings. The van der Waals surface area contributed by atoms with Gasteiger partial charge in [-0.15, -0.1) is 0 Å². The lowest BCUT2D eigenvalue weighted by Gasteiger charge is -2.35. The topological polar surface area (TPSA) is 49.9 Å².